The highest BCUT2D eigenvalue weighted by molar-refractivity contribution is 5.95. The van der Waals surface area contributed by atoms with E-state index in [1.54, 1.807) is 11.1 Å². The van der Waals surface area contributed by atoms with E-state index in [4.69, 9.17) is 0 Å². The fraction of sp³-hybridized carbons (Fsp3) is 0.250. The first-order valence-electron chi connectivity index (χ1n) is 9.00. The quantitative estimate of drug-likeness (QED) is 0.731. The smallest absolute Gasteiger partial charge is 0.346 e. The third-order valence-electron chi connectivity index (χ3n) is 4.89. The molecule has 1 aliphatic heterocycles. The Bertz CT molecular complexity index is 1160. The van der Waals surface area contributed by atoms with Crippen LogP contribution in [0.2, 0.25) is 0 Å². The molecule has 150 valence electrons. The Morgan fingerprint density at radius 3 is 2.79 bits per heavy atom. The van der Waals surface area contributed by atoms with E-state index in [-0.39, 0.29) is 11.5 Å². The number of alkyl halides is 3. The van der Waals surface area contributed by atoms with Gasteiger partial charge in [-0.2, -0.15) is 13.2 Å². The van der Waals surface area contributed by atoms with Gasteiger partial charge in [-0.15, -0.1) is 0 Å². The van der Waals surface area contributed by atoms with Crippen LogP contribution >= 0.6 is 0 Å². The summed E-state index contributed by atoms with van der Waals surface area (Å²) in [5.74, 6) is -0.378. The summed E-state index contributed by atoms with van der Waals surface area (Å²) in [5, 5.41) is 1.01. The van der Waals surface area contributed by atoms with Crippen molar-refractivity contribution in [3.63, 3.8) is 0 Å². The molecule has 0 unspecified atom stereocenters. The number of aromatic amines is 1. The number of rotatable bonds is 3. The molecule has 0 bridgehead atoms. The summed E-state index contributed by atoms with van der Waals surface area (Å²) in [4.78, 5) is 33.5. The van der Waals surface area contributed by atoms with Gasteiger partial charge in [-0.25, -0.2) is 4.98 Å². The maximum absolute atomic E-state index is 12.7. The number of halogens is 3. The van der Waals surface area contributed by atoms with Crippen molar-refractivity contribution in [3.8, 4) is 0 Å². The fourth-order valence-electron chi connectivity index (χ4n) is 3.47. The first kappa shape index (κ1) is 19.0. The molecular formula is C20H17F3N4O2. The molecule has 3 aromatic rings. The van der Waals surface area contributed by atoms with E-state index < -0.39 is 18.3 Å². The maximum Gasteiger partial charge on any atom is 0.406 e. The highest BCUT2D eigenvalue weighted by Gasteiger charge is 2.28. The third kappa shape index (κ3) is 3.94. The van der Waals surface area contributed by atoms with Gasteiger partial charge in [-0.3, -0.25) is 9.59 Å². The van der Waals surface area contributed by atoms with Crippen LogP contribution in [0, 0.1) is 0 Å². The van der Waals surface area contributed by atoms with Gasteiger partial charge in [0.2, 0.25) is 0 Å². The number of carbonyl (C=O) groups excluding carboxylic acids is 1. The highest BCUT2D eigenvalue weighted by Crippen LogP contribution is 2.28. The minimum absolute atomic E-state index is 0.0848. The molecule has 1 amide bonds. The monoisotopic (exact) mass is 402 g/mol. The lowest BCUT2D eigenvalue weighted by Gasteiger charge is -2.26. The summed E-state index contributed by atoms with van der Waals surface area (Å²) in [6, 6.07) is 6.04. The molecule has 0 saturated heterocycles. The minimum Gasteiger partial charge on any atom is -0.346 e. The van der Waals surface area contributed by atoms with Gasteiger partial charge in [0, 0.05) is 54.3 Å². The summed E-state index contributed by atoms with van der Waals surface area (Å²) in [5.41, 5.74) is 2.15. The first-order valence-corrected chi connectivity index (χ1v) is 9.00. The van der Waals surface area contributed by atoms with E-state index in [2.05, 4.69) is 9.97 Å². The molecule has 0 radical (unpaired) electrons. The predicted molar refractivity (Wildman–Crippen MR) is 101 cm³/mol. The van der Waals surface area contributed by atoms with Gasteiger partial charge in [0.05, 0.1) is 0 Å². The minimum atomic E-state index is -4.50. The summed E-state index contributed by atoms with van der Waals surface area (Å²) in [6.45, 7) is -0.578. The number of nitrogens with zero attached hydrogens (tertiary/aromatic N) is 3. The Balaban J connectivity index is 1.50. The van der Waals surface area contributed by atoms with Gasteiger partial charge >= 0.3 is 6.18 Å². The molecule has 4 rings (SSSR count). The second-order valence-corrected chi connectivity index (χ2v) is 6.83. The van der Waals surface area contributed by atoms with Gasteiger partial charge in [-0.1, -0.05) is 6.08 Å². The predicted octanol–water partition coefficient (Wildman–Crippen LogP) is 3.22. The molecule has 0 saturated carbocycles. The van der Waals surface area contributed by atoms with Crippen molar-refractivity contribution in [1.82, 2.24) is 19.4 Å². The summed E-state index contributed by atoms with van der Waals surface area (Å²) in [7, 11) is 0. The lowest BCUT2D eigenvalue weighted by molar-refractivity contribution is -0.141. The zero-order chi connectivity index (χ0) is 20.6. The topological polar surface area (TPSA) is 71.0 Å². The van der Waals surface area contributed by atoms with Crippen molar-refractivity contribution in [2.45, 2.75) is 19.1 Å². The van der Waals surface area contributed by atoms with Gasteiger partial charge in [-0.05, 0) is 30.2 Å². The average molecular weight is 402 g/mol. The molecule has 9 heteroatoms. The zero-order valence-electron chi connectivity index (χ0n) is 15.2. The lowest BCUT2D eigenvalue weighted by Crippen LogP contribution is -2.36. The van der Waals surface area contributed by atoms with E-state index >= 15 is 0 Å². The molecule has 1 aliphatic rings. The average Bonchev–Trinajstić information content (AvgIpc) is 3.12. The van der Waals surface area contributed by atoms with Crippen LogP contribution in [0.5, 0.6) is 0 Å². The van der Waals surface area contributed by atoms with Crippen molar-refractivity contribution < 1.29 is 18.0 Å². The Labute approximate surface area is 163 Å². The normalized spacial score (nSPS) is 14.9. The van der Waals surface area contributed by atoms with E-state index in [1.807, 2.05) is 24.4 Å². The van der Waals surface area contributed by atoms with Crippen LogP contribution in [0.1, 0.15) is 22.3 Å². The SMILES string of the molecule is O=C(c1ccn(CC(F)(F)F)c(=O)c1)N1CC=C(c2c[nH]c3ncccc23)CC1. The molecule has 29 heavy (non-hydrogen) atoms. The fourth-order valence-corrected chi connectivity index (χ4v) is 3.47. The molecule has 3 aromatic heterocycles. The zero-order valence-corrected chi connectivity index (χ0v) is 15.2. The standard InChI is InChI=1S/C20H17F3N4O2/c21-20(22,23)12-27-9-5-14(10-17(27)28)19(29)26-7-3-13(4-8-26)16-11-25-18-15(16)2-1-6-24-18/h1-3,5-6,9-11H,4,7-8,12H2,(H,24,25). The van der Waals surface area contributed by atoms with Crippen molar-refractivity contribution in [2.75, 3.05) is 13.1 Å². The number of fused-ring (bicyclic) bond motifs is 1. The molecule has 6 nitrogen and oxygen atoms in total. The van der Waals surface area contributed by atoms with Gasteiger partial charge in [0.15, 0.2) is 0 Å². The largest absolute Gasteiger partial charge is 0.406 e. The molecule has 4 heterocycles. The Morgan fingerprint density at radius 2 is 2.10 bits per heavy atom. The number of hydrogen-bond donors (Lipinski definition) is 1. The van der Waals surface area contributed by atoms with E-state index in [1.165, 1.54) is 6.07 Å². The van der Waals surface area contributed by atoms with Crippen molar-refractivity contribution in [2.24, 2.45) is 0 Å². The van der Waals surface area contributed by atoms with Gasteiger partial charge in [0.1, 0.15) is 12.2 Å². The van der Waals surface area contributed by atoms with Crippen LogP contribution in [0.25, 0.3) is 16.6 Å². The van der Waals surface area contributed by atoms with E-state index in [0.717, 1.165) is 34.4 Å². The molecule has 0 spiro atoms. The van der Waals surface area contributed by atoms with Crippen molar-refractivity contribution >= 4 is 22.5 Å². The molecule has 1 N–H and O–H groups in total. The number of nitrogens with one attached hydrogen (secondary N) is 1. The Hall–Kier alpha value is -3.36. The number of hydrogen-bond acceptors (Lipinski definition) is 3. The molecule has 0 fully saturated rings. The summed E-state index contributed by atoms with van der Waals surface area (Å²) >= 11 is 0. The number of pyridine rings is 2. The van der Waals surface area contributed by atoms with Crippen LogP contribution in [0.3, 0.4) is 0 Å². The Morgan fingerprint density at radius 1 is 1.28 bits per heavy atom. The first-order chi connectivity index (χ1) is 13.8. The number of amides is 1. The van der Waals surface area contributed by atoms with Crippen LogP contribution < -0.4 is 5.56 Å². The second kappa shape index (κ2) is 7.23. The van der Waals surface area contributed by atoms with Crippen LogP contribution in [0.15, 0.2) is 53.7 Å². The van der Waals surface area contributed by atoms with E-state index in [9.17, 15) is 22.8 Å². The van der Waals surface area contributed by atoms with Crippen LogP contribution in [0.4, 0.5) is 13.2 Å². The number of H-pyrrole nitrogens is 1. The summed E-state index contributed by atoms with van der Waals surface area (Å²) < 4.78 is 38.0. The molecular weight excluding hydrogens is 385 g/mol. The highest BCUT2D eigenvalue weighted by atomic mass is 19.4. The lowest BCUT2D eigenvalue weighted by atomic mass is 9.99. The Kier molecular flexibility index (Phi) is 4.73. The maximum atomic E-state index is 12.7. The third-order valence-corrected chi connectivity index (χ3v) is 4.89. The molecule has 0 atom stereocenters. The van der Waals surface area contributed by atoms with Crippen molar-refractivity contribution in [3.05, 3.63) is 70.4 Å². The number of aromatic nitrogens is 3. The number of carbonyl (C=O) groups is 1. The van der Waals surface area contributed by atoms with Crippen LogP contribution in [-0.2, 0) is 6.54 Å². The summed E-state index contributed by atoms with van der Waals surface area (Å²) in [6.07, 6.45) is 2.68. The van der Waals surface area contributed by atoms with Gasteiger partial charge in [0.25, 0.3) is 11.5 Å². The van der Waals surface area contributed by atoms with E-state index in [0.29, 0.717) is 24.1 Å². The molecule has 0 aromatic carbocycles. The van der Waals surface area contributed by atoms with Gasteiger partial charge < -0.3 is 14.5 Å². The second-order valence-electron chi connectivity index (χ2n) is 6.83. The van der Waals surface area contributed by atoms with Crippen LogP contribution in [-0.4, -0.2) is 44.6 Å². The van der Waals surface area contributed by atoms with Crippen molar-refractivity contribution in [1.29, 1.82) is 0 Å². The molecule has 0 aliphatic carbocycles.